The first-order valence-corrected chi connectivity index (χ1v) is 4.10. The second kappa shape index (κ2) is 5.69. The first kappa shape index (κ1) is 10.2. The standard InChI is InChI=1S/C8H15N3O2/c1-12-8(13-2)5-9-3-7-4-10-6-11-7/h4,6,8-9H,3,5H2,1-2H3,(H,10,11). The first-order chi connectivity index (χ1) is 6.36. The second-order valence-electron chi connectivity index (χ2n) is 2.61. The minimum absolute atomic E-state index is 0.192. The van der Waals surface area contributed by atoms with Crippen LogP contribution in [0.15, 0.2) is 12.5 Å². The van der Waals surface area contributed by atoms with Crippen LogP contribution >= 0.6 is 0 Å². The van der Waals surface area contributed by atoms with Crippen LogP contribution in [-0.4, -0.2) is 37.0 Å². The molecule has 0 bridgehead atoms. The van der Waals surface area contributed by atoms with Crippen molar-refractivity contribution in [3.8, 4) is 0 Å². The van der Waals surface area contributed by atoms with E-state index < -0.39 is 0 Å². The molecule has 5 nitrogen and oxygen atoms in total. The molecule has 1 aromatic rings. The van der Waals surface area contributed by atoms with E-state index in [-0.39, 0.29) is 6.29 Å². The summed E-state index contributed by atoms with van der Waals surface area (Å²) in [7, 11) is 3.23. The van der Waals surface area contributed by atoms with Crippen LogP contribution in [0.2, 0.25) is 0 Å². The number of ether oxygens (including phenoxy) is 2. The number of aromatic amines is 1. The lowest BCUT2D eigenvalue weighted by molar-refractivity contribution is -0.0989. The Morgan fingerprint density at radius 3 is 2.85 bits per heavy atom. The zero-order valence-corrected chi connectivity index (χ0v) is 7.91. The third-order valence-electron chi connectivity index (χ3n) is 1.71. The molecule has 0 aliphatic rings. The molecule has 0 saturated heterocycles. The van der Waals surface area contributed by atoms with E-state index in [1.807, 2.05) is 0 Å². The molecule has 0 amide bonds. The molecule has 5 heteroatoms. The van der Waals surface area contributed by atoms with Crippen LogP contribution in [0.3, 0.4) is 0 Å². The summed E-state index contributed by atoms with van der Waals surface area (Å²) in [5, 5.41) is 3.17. The monoisotopic (exact) mass is 185 g/mol. The van der Waals surface area contributed by atoms with Crippen LogP contribution < -0.4 is 5.32 Å². The van der Waals surface area contributed by atoms with Crippen molar-refractivity contribution >= 4 is 0 Å². The molecule has 0 fully saturated rings. The lowest BCUT2D eigenvalue weighted by Crippen LogP contribution is -2.29. The number of imidazole rings is 1. The Kier molecular flexibility index (Phi) is 4.45. The van der Waals surface area contributed by atoms with Crippen LogP contribution in [0, 0.1) is 0 Å². The molecular formula is C8H15N3O2. The Morgan fingerprint density at radius 1 is 1.54 bits per heavy atom. The van der Waals surface area contributed by atoms with Crippen LogP contribution in [0.25, 0.3) is 0 Å². The zero-order chi connectivity index (χ0) is 9.52. The Labute approximate surface area is 77.5 Å². The quantitative estimate of drug-likeness (QED) is 0.618. The van der Waals surface area contributed by atoms with E-state index in [2.05, 4.69) is 15.3 Å². The van der Waals surface area contributed by atoms with Gasteiger partial charge in [-0.2, -0.15) is 0 Å². The molecule has 1 heterocycles. The highest BCUT2D eigenvalue weighted by atomic mass is 16.7. The fraction of sp³-hybridized carbons (Fsp3) is 0.625. The molecule has 0 aromatic carbocycles. The summed E-state index contributed by atoms with van der Waals surface area (Å²) in [5.41, 5.74) is 1.05. The van der Waals surface area contributed by atoms with Crippen LogP contribution in [0.4, 0.5) is 0 Å². The van der Waals surface area contributed by atoms with Gasteiger partial charge < -0.3 is 19.8 Å². The Morgan fingerprint density at radius 2 is 2.31 bits per heavy atom. The predicted molar refractivity (Wildman–Crippen MR) is 48.1 cm³/mol. The Balaban J connectivity index is 2.13. The van der Waals surface area contributed by atoms with Gasteiger partial charge in [0.15, 0.2) is 6.29 Å². The van der Waals surface area contributed by atoms with Crippen molar-refractivity contribution in [2.75, 3.05) is 20.8 Å². The second-order valence-corrected chi connectivity index (χ2v) is 2.61. The van der Waals surface area contributed by atoms with Crippen molar-refractivity contribution in [2.45, 2.75) is 12.8 Å². The molecule has 0 radical (unpaired) electrons. The molecule has 0 aliphatic heterocycles. The summed E-state index contributed by atoms with van der Waals surface area (Å²) in [6.07, 6.45) is 3.24. The lowest BCUT2D eigenvalue weighted by Gasteiger charge is -2.13. The molecule has 1 aromatic heterocycles. The molecule has 74 valence electrons. The van der Waals surface area contributed by atoms with Crippen molar-refractivity contribution in [2.24, 2.45) is 0 Å². The van der Waals surface area contributed by atoms with Crippen molar-refractivity contribution in [1.29, 1.82) is 0 Å². The number of rotatable bonds is 6. The van der Waals surface area contributed by atoms with Gasteiger partial charge in [0.25, 0.3) is 0 Å². The first-order valence-electron chi connectivity index (χ1n) is 4.10. The SMILES string of the molecule is COC(CNCc1cnc[nH]1)OC. The molecule has 13 heavy (non-hydrogen) atoms. The van der Waals surface area contributed by atoms with Gasteiger partial charge in [0, 0.05) is 39.2 Å². The molecule has 0 aliphatic carbocycles. The van der Waals surface area contributed by atoms with Gasteiger partial charge in [-0.25, -0.2) is 4.98 Å². The van der Waals surface area contributed by atoms with Crippen LogP contribution in [0.5, 0.6) is 0 Å². The maximum absolute atomic E-state index is 5.01. The van der Waals surface area contributed by atoms with Gasteiger partial charge in [0.2, 0.25) is 0 Å². The van der Waals surface area contributed by atoms with E-state index in [9.17, 15) is 0 Å². The molecule has 0 saturated carbocycles. The van der Waals surface area contributed by atoms with Gasteiger partial charge in [0.05, 0.1) is 6.33 Å². The van der Waals surface area contributed by atoms with Crippen molar-refractivity contribution in [1.82, 2.24) is 15.3 Å². The summed E-state index contributed by atoms with van der Waals surface area (Å²) >= 11 is 0. The van der Waals surface area contributed by atoms with Gasteiger partial charge >= 0.3 is 0 Å². The average molecular weight is 185 g/mol. The molecule has 2 N–H and O–H groups in total. The molecule has 0 spiro atoms. The highest BCUT2D eigenvalue weighted by Gasteiger charge is 2.03. The lowest BCUT2D eigenvalue weighted by atomic mass is 10.4. The van der Waals surface area contributed by atoms with Gasteiger partial charge in [-0.05, 0) is 0 Å². The number of H-pyrrole nitrogens is 1. The largest absolute Gasteiger partial charge is 0.355 e. The smallest absolute Gasteiger partial charge is 0.169 e. The summed E-state index contributed by atoms with van der Waals surface area (Å²) in [6, 6.07) is 0. The number of methoxy groups -OCH3 is 2. The van der Waals surface area contributed by atoms with Crippen LogP contribution in [0.1, 0.15) is 5.69 Å². The van der Waals surface area contributed by atoms with Crippen molar-refractivity contribution in [3.63, 3.8) is 0 Å². The van der Waals surface area contributed by atoms with Gasteiger partial charge in [-0.15, -0.1) is 0 Å². The molecule has 1 rings (SSSR count). The van der Waals surface area contributed by atoms with Crippen LogP contribution in [-0.2, 0) is 16.0 Å². The number of nitrogens with one attached hydrogen (secondary N) is 2. The summed E-state index contributed by atoms with van der Waals surface area (Å²) in [6.45, 7) is 1.40. The molecule has 0 unspecified atom stereocenters. The topological polar surface area (TPSA) is 59.2 Å². The minimum atomic E-state index is -0.192. The third-order valence-corrected chi connectivity index (χ3v) is 1.71. The fourth-order valence-corrected chi connectivity index (χ4v) is 0.969. The van der Waals surface area contributed by atoms with E-state index in [0.717, 1.165) is 12.2 Å². The number of hydrogen-bond acceptors (Lipinski definition) is 4. The Hall–Kier alpha value is -0.910. The number of aromatic nitrogens is 2. The minimum Gasteiger partial charge on any atom is -0.355 e. The van der Waals surface area contributed by atoms with E-state index in [4.69, 9.17) is 9.47 Å². The molecular weight excluding hydrogens is 170 g/mol. The van der Waals surface area contributed by atoms with Crippen molar-refractivity contribution in [3.05, 3.63) is 18.2 Å². The number of nitrogens with zero attached hydrogens (tertiary/aromatic N) is 1. The van der Waals surface area contributed by atoms with Gasteiger partial charge in [-0.3, -0.25) is 0 Å². The predicted octanol–water partition coefficient (Wildman–Crippen LogP) is 0.118. The van der Waals surface area contributed by atoms with Crippen molar-refractivity contribution < 1.29 is 9.47 Å². The van der Waals surface area contributed by atoms with E-state index in [0.29, 0.717) is 6.54 Å². The maximum Gasteiger partial charge on any atom is 0.169 e. The van der Waals surface area contributed by atoms with E-state index >= 15 is 0 Å². The third kappa shape index (κ3) is 3.54. The van der Waals surface area contributed by atoms with E-state index in [1.54, 1.807) is 26.7 Å². The summed E-state index contributed by atoms with van der Waals surface area (Å²) in [4.78, 5) is 6.89. The highest BCUT2D eigenvalue weighted by molar-refractivity contribution is 4.92. The summed E-state index contributed by atoms with van der Waals surface area (Å²) in [5.74, 6) is 0. The maximum atomic E-state index is 5.01. The highest BCUT2D eigenvalue weighted by Crippen LogP contribution is 1.91. The Bertz CT molecular complexity index is 209. The normalized spacial score (nSPS) is 11.0. The van der Waals surface area contributed by atoms with Gasteiger partial charge in [-0.1, -0.05) is 0 Å². The fourth-order valence-electron chi connectivity index (χ4n) is 0.969. The zero-order valence-electron chi connectivity index (χ0n) is 7.91. The van der Waals surface area contributed by atoms with Gasteiger partial charge in [0.1, 0.15) is 0 Å². The molecule has 0 atom stereocenters. The summed E-state index contributed by atoms with van der Waals surface area (Å²) < 4.78 is 10.0. The van der Waals surface area contributed by atoms with E-state index in [1.165, 1.54) is 0 Å². The average Bonchev–Trinajstić information content (AvgIpc) is 2.65. The number of hydrogen-bond donors (Lipinski definition) is 2.